The predicted molar refractivity (Wildman–Crippen MR) is 97.8 cm³/mol. The van der Waals surface area contributed by atoms with E-state index in [4.69, 9.17) is 0 Å². The fraction of sp³-hybridized carbons (Fsp3) is 0.579. The minimum atomic E-state index is -0.227. The second-order valence-corrected chi connectivity index (χ2v) is 7.32. The molecule has 2 atom stereocenters. The molecule has 1 saturated carbocycles. The van der Waals surface area contributed by atoms with E-state index in [2.05, 4.69) is 14.9 Å². The van der Waals surface area contributed by atoms with Crippen LogP contribution in [-0.2, 0) is 6.61 Å². The summed E-state index contributed by atoms with van der Waals surface area (Å²) in [7, 11) is 0. The number of fused-ring (bicyclic) bond motifs is 1. The Hall–Kier alpha value is -1.96. The standard InChI is InChI=1S/C19H26N4O3/c24-12-18-20-14-6-5-13(11-15(14)21-18)19(26)23-9-7-22(8-10-23)16-3-1-2-4-17(16)25/h5-6,11,16-17,24-25H,1-4,7-10,12H2,(H,20,21)/t16-,17-/m0/s1. The minimum Gasteiger partial charge on any atom is -0.391 e. The lowest BCUT2D eigenvalue weighted by atomic mass is 9.91. The molecule has 1 aromatic heterocycles. The average Bonchev–Trinajstić information content (AvgIpc) is 3.10. The quantitative estimate of drug-likeness (QED) is 0.765. The molecule has 140 valence electrons. The largest absolute Gasteiger partial charge is 0.391 e. The van der Waals surface area contributed by atoms with Crippen LogP contribution in [0.25, 0.3) is 11.0 Å². The van der Waals surface area contributed by atoms with Crippen molar-refractivity contribution < 1.29 is 15.0 Å². The number of amides is 1. The van der Waals surface area contributed by atoms with Crippen molar-refractivity contribution >= 4 is 16.9 Å². The number of nitrogens with zero attached hydrogens (tertiary/aromatic N) is 3. The van der Waals surface area contributed by atoms with Crippen molar-refractivity contribution in [3.63, 3.8) is 0 Å². The molecule has 2 heterocycles. The lowest BCUT2D eigenvalue weighted by molar-refractivity contribution is -0.00172. The van der Waals surface area contributed by atoms with Gasteiger partial charge in [0.15, 0.2) is 0 Å². The van der Waals surface area contributed by atoms with Gasteiger partial charge in [-0.05, 0) is 31.0 Å². The molecule has 1 aromatic carbocycles. The third kappa shape index (κ3) is 3.34. The Labute approximate surface area is 152 Å². The molecule has 0 bridgehead atoms. The molecule has 2 aliphatic rings. The summed E-state index contributed by atoms with van der Waals surface area (Å²) in [6.07, 6.45) is 4.02. The molecular formula is C19H26N4O3. The highest BCUT2D eigenvalue weighted by molar-refractivity contribution is 5.97. The van der Waals surface area contributed by atoms with E-state index in [1.165, 1.54) is 6.42 Å². The van der Waals surface area contributed by atoms with Crippen LogP contribution in [0.2, 0.25) is 0 Å². The Bertz CT molecular complexity index is 782. The van der Waals surface area contributed by atoms with Gasteiger partial charge < -0.3 is 20.1 Å². The molecule has 4 rings (SSSR count). The summed E-state index contributed by atoms with van der Waals surface area (Å²) in [4.78, 5) is 24.4. The Kier molecular flexibility index (Phi) is 4.93. The smallest absolute Gasteiger partial charge is 0.254 e. The van der Waals surface area contributed by atoms with Gasteiger partial charge in [0.1, 0.15) is 12.4 Å². The van der Waals surface area contributed by atoms with Crippen molar-refractivity contribution in [1.82, 2.24) is 19.8 Å². The molecular weight excluding hydrogens is 332 g/mol. The molecule has 1 aliphatic heterocycles. The predicted octanol–water partition coefficient (Wildman–Crippen LogP) is 1.12. The van der Waals surface area contributed by atoms with E-state index in [-0.39, 0.29) is 24.7 Å². The van der Waals surface area contributed by atoms with Crippen LogP contribution >= 0.6 is 0 Å². The second-order valence-electron chi connectivity index (χ2n) is 7.32. The summed E-state index contributed by atoms with van der Waals surface area (Å²) in [6, 6.07) is 5.66. The maximum atomic E-state index is 12.8. The number of nitrogens with one attached hydrogen (secondary N) is 1. The summed E-state index contributed by atoms with van der Waals surface area (Å²) in [5.74, 6) is 0.528. The molecule has 26 heavy (non-hydrogen) atoms. The van der Waals surface area contributed by atoms with E-state index < -0.39 is 0 Å². The van der Waals surface area contributed by atoms with Crippen LogP contribution in [0.1, 0.15) is 41.9 Å². The lowest BCUT2D eigenvalue weighted by Crippen LogP contribution is -2.55. The van der Waals surface area contributed by atoms with Gasteiger partial charge in [-0.2, -0.15) is 0 Å². The van der Waals surface area contributed by atoms with Crippen LogP contribution in [-0.4, -0.2) is 74.2 Å². The fourth-order valence-electron chi connectivity index (χ4n) is 4.23. The van der Waals surface area contributed by atoms with Gasteiger partial charge in [0, 0.05) is 37.8 Å². The number of hydrogen-bond acceptors (Lipinski definition) is 5. The van der Waals surface area contributed by atoms with Crippen LogP contribution in [0, 0.1) is 0 Å². The molecule has 1 saturated heterocycles. The van der Waals surface area contributed by atoms with Crippen molar-refractivity contribution in [2.24, 2.45) is 0 Å². The van der Waals surface area contributed by atoms with Crippen LogP contribution in [0.4, 0.5) is 0 Å². The number of hydrogen-bond donors (Lipinski definition) is 3. The number of H-pyrrole nitrogens is 1. The zero-order valence-electron chi connectivity index (χ0n) is 14.9. The van der Waals surface area contributed by atoms with Gasteiger partial charge in [0.25, 0.3) is 5.91 Å². The number of aromatic nitrogens is 2. The number of carbonyl (C=O) groups excluding carboxylic acids is 1. The van der Waals surface area contributed by atoms with Gasteiger partial charge in [-0.15, -0.1) is 0 Å². The van der Waals surface area contributed by atoms with Crippen LogP contribution in [0.15, 0.2) is 18.2 Å². The fourth-order valence-corrected chi connectivity index (χ4v) is 4.23. The Morgan fingerprint density at radius 2 is 1.96 bits per heavy atom. The molecule has 0 radical (unpaired) electrons. The first-order valence-electron chi connectivity index (χ1n) is 9.46. The van der Waals surface area contributed by atoms with Crippen molar-refractivity contribution in [2.45, 2.75) is 44.4 Å². The zero-order chi connectivity index (χ0) is 18.1. The molecule has 1 amide bonds. The SMILES string of the molecule is O=C(c1ccc2nc(CO)[nH]c2c1)N1CCN([C@H]2CCCC[C@@H]2O)CC1. The lowest BCUT2D eigenvalue weighted by Gasteiger charge is -2.42. The van der Waals surface area contributed by atoms with Crippen molar-refractivity contribution in [3.05, 3.63) is 29.6 Å². The maximum absolute atomic E-state index is 12.8. The highest BCUT2D eigenvalue weighted by Crippen LogP contribution is 2.24. The summed E-state index contributed by atoms with van der Waals surface area (Å²) < 4.78 is 0. The molecule has 0 unspecified atom stereocenters. The molecule has 1 aliphatic carbocycles. The van der Waals surface area contributed by atoms with Gasteiger partial charge in [0.2, 0.25) is 0 Å². The van der Waals surface area contributed by atoms with Gasteiger partial charge in [-0.25, -0.2) is 4.98 Å². The Balaban J connectivity index is 1.41. The monoisotopic (exact) mass is 358 g/mol. The van der Waals surface area contributed by atoms with E-state index >= 15 is 0 Å². The summed E-state index contributed by atoms with van der Waals surface area (Å²) >= 11 is 0. The number of rotatable bonds is 3. The van der Waals surface area contributed by atoms with Crippen molar-refractivity contribution in [1.29, 1.82) is 0 Å². The first-order valence-corrected chi connectivity index (χ1v) is 9.46. The van der Waals surface area contributed by atoms with Crippen LogP contribution in [0.3, 0.4) is 0 Å². The third-order valence-corrected chi connectivity index (χ3v) is 5.69. The van der Waals surface area contributed by atoms with Gasteiger partial charge >= 0.3 is 0 Å². The minimum absolute atomic E-state index is 0.0240. The molecule has 2 fully saturated rings. The third-order valence-electron chi connectivity index (χ3n) is 5.69. The molecule has 7 nitrogen and oxygen atoms in total. The van der Waals surface area contributed by atoms with Crippen LogP contribution in [0.5, 0.6) is 0 Å². The van der Waals surface area contributed by atoms with Crippen molar-refractivity contribution in [3.8, 4) is 0 Å². The maximum Gasteiger partial charge on any atom is 0.254 e. The number of benzene rings is 1. The average molecular weight is 358 g/mol. The van der Waals surface area contributed by atoms with E-state index in [0.717, 1.165) is 43.4 Å². The molecule has 7 heteroatoms. The van der Waals surface area contributed by atoms with Gasteiger partial charge in [-0.3, -0.25) is 9.69 Å². The van der Waals surface area contributed by atoms with Crippen LogP contribution < -0.4 is 0 Å². The second kappa shape index (κ2) is 7.34. The molecule has 3 N–H and O–H groups in total. The Morgan fingerprint density at radius 3 is 2.69 bits per heavy atom. The number of carbonyl (C=O) groups is 1. The van der Waals surface area contributed by atoms with E-state index in [0.29, 0.717) is 24.5 Å². The zero-order valence-corrected chi connectivity index (χ0v) is 14.9. The summed E-state index contributed by atoms with van der Waals surface area (Å²) in [6.45, 7) is 2.85. The normalized spacial score (nSPS) is 24.9. The van der Waals surface area contributed by atoms with E-state index in [1.807, 2.05) is 11.0 Å². The topological polar surface area (TPSA) is 92.7 Å². The van der Waals surface area contributed by atoms with Crippen molar-refractivity contribution in [2.75, 3.05) is 26.2 Å². The number of imidazole rings is 1. The number of aliphatic hydroxyl groups excluding tert-OH is 2. The summed E-state index contributed by atoms with van der Waals surface area (Å²) in [5, 5.41) is 19.4. The Morgan fingerprint density at radius 1 is 1.19 bits per heavy atom. The van der Waals surface area contributed by atoms with Gasteiger partial charge in [-0.1, -0.05) is 12.8 Å². The number of aromatic amines is 1. The molecule has 2 aromatic rings. The number of aliphatic hydroxyl groups is 2. The first-order chi connectivity index (χ1) is 12.7. The highest BCUT2D eigenvalue weighted by atomic mass is 16.3. The van der Waals surface area contributed by atoms with Gasteiger partial charge in [0.05, 0.1) is 17.1 Å². The highest BCUT2D eigenvalue weighted by Gasteiger charge is 2.32. The number of piperazine rings is 1. The van der Waals surface area contributed by atoms with E-state index in [1.54, 1.807) is 12.1 Å². The molecule has 0 spiro atoms. The van der Waals surface area contributed by atoms with E-state index in [9.17, 15) is 15.0 Å². The summed E-state index contributed by atoms with van der Waals surface area (Å²) in [5.41, 5.74) is 2.15. The first kappa shape index (κ1) is 17.5.